The van der Waals surface area contributed by atoms with Crippen LogP contribution in [0.1, 0.15) is 21.5 Å². The fourth-order valence-electron chi connectivity index (χ4n) is 2.79. The van der Waals surface area contributed by atoms with Gasteiger partial charge < -0.3 is 33.2 Å². The lowest BCUT2D eigenvalue weighted by atomic mass is 10.1. The number of hydrogen-bond donors (Lipinski definition) is 0. The number of carbonyl (C=O) groups is 4. The van der Waals surface area contributed by atoms with Crippen molar-refractivity contribution in [2.24, 2.45) is 0 Å². The van der Waals surface area contributed by atoms with E-state index < -0.39 is 37.5 Å². The SMILES string of the molecule is C=CC(=O)OCOc1ccc(OC(=O)c2cc(C)c(OCOC(=O)C=C)c(OCOC(=O)C=C)c2)cc1C. The van der Waals surface area contributed by atoms with Gasteiger partial charge in [-0.25, -0.2) is 19.2 Å². The minimum atomic E-state index is -0.723. The van der Waals surface area contributed by atoms with Crippen molar-refractivity contribution >= 4 is 23.9 Å². The summed E-state index contributed by atoms with van der Waals surface area (Å²) >= 11 is 0. The van der Waals surface area contributed by atoms with Gasteiger partial charge in [-0.3, -0.25) is 0 Å². The summed E-state index contributed by atoms with van der Waals surface area (Å²) in [6.45, 7) is 11.9. The van der Waals surface area contributed by atoms with Crippen LogP contribution in [0.15, 0.2) is 68.3 Å². The van der Waals surface area contributed by atoms with E-state index in [4.69, 9.17) is 33.2 Å². The molecule has 2 aromatic rings. The Morgan fingerprint density at radius 1 is 0.684 bits per heavy atom. The molecule has 0 saturated carbocycles. The normalized spacial score (nSPS) is 9.84. The Morgan fingerprint density at radius 2 is 1.21 bits per heavy atom. The molecule has 0 saturated heterocycles. The minimum absolute atomic E-state index is 0.0254. The van der Waals surface area contributed by atoms with Crippen molar-refractivity contribution in [3.63, 3.8) is 0 Å². The molecule has 0 aliphatic heterocycles. The highest BCUT2D eigenvalue weighted by Crippen LogP contribution is 2.33. The molecule has 0 aromatic heterocycles. The minimum Gasteiger partial charge on any atom is -0.457 e. The topological polar surface area (TPSA) is 133 Å². The third kappa shape index (κ3) is 8.86. The highest BCUT2D eigenvalue weighted by atomic mass is 16.7. The summed E-state index contributed by atoms with van der Waals surface area (Å²) in [5.41, 5.74) is 1.15. The second-order valence-corrected chi connectivity index (χ2v) is 7.23. The maximum atomic E-state index is 12.9. The molecule has 0 atom stereocenters. The van der Waals surface area contributed by atoms with Crippen LogP contribution in [0.2, 0.25) is 0 Å². The summed E-state index contributed by atoms with van der Waals surface area (Å²) in [4.78, 5) is 46.6. The van der Waals surface area contributed by atoms with Crippen molar-refractivity contribution in [2.75, 3.05) is 20.4 Å². The molecule has 11 nitrogen and oxygen atoms in total. The molecule has 0 aliphatic rings. The predicted molar refractivity (Wildman–Crippen MR) is 133 cm³/mol. The van der Waals surface area contributed by atoms with Crippen LogP contribution in [0.25, 0.3) is 0 Å². The zero-order chi connectivity index (χ0) is 28.1. The molecule has 38 heavy (non-hydrogen) atoms. The second-order valence-electron chi connectivity index (χ2n) is 7.23. The van der Waals surface area contributed by atoms with E-state index in [0.717, 1.165) is 18.2 Å². The zero-order valence-electron chi connectivity index (χ0n) is 20.9. The van der Waals surface area contributed by atoms with E-state index in [1.807, 2.05) is 0 Å². The molecular formula is C27H26O11. The Kier molecular flexibility index (Phi) is 11.1. The maximum Gasteiger partial charge on any atom is 0.343 e. The van der Waals surface area contributed by atoms with Crippen LogP contribution in [-0.4, -0.2) is 44.3 Å². The lowest BCUT2D eigenvalue weighted by molar-refractivity contribution is -0.146. The van der Waals surface area contributed by atoms with Gasteiger partial charge in [0.05, 0.1) is 5.56 Å². The van der Waals surface area contributed by atoms with Crippen LogP contribution in [-0.2, 0) is 28.6 Å². The van der Waals surface area contributed by atoms with Crippen molar-refractivity contribution in [1.82, 2.24) is 0 Å². The third-order valence-electron chi connectivity index (χ3n) is 4.57. The number of ether oxygens (including phenoxy) is 7. The van der Waals surface area contributed by atoms with Gasteiger partial charge in [0.25, 0.3) is 0 Å². The molecule has 0 spiro atoms. The van der Waals surface area contributed by atoms with Gasteiger partial charge in [-0.05, 0) is 55.3 Å². The van der Waals surface area contributed by atoms with Crippen molar-refractivity contribution in [1.29, 1.82) is 0 Å². The first kappa shape index (κ1) is 29.2. The van der Waals surface area contributed by atoms with E-state index in [1.54, 1.807) is 26.0 Å². The summed E-state index contributed by atoms with van der Waals surface area (Å²) in [6, 6.07) is 7.41. The van der Waals surface area contributed by atoms with Crippen LogP contribution in [0.5, 0.6) is 23.0 Å². The molecule has 0 heterocycles. The first-order valence-corrected chi connectivity index (χ1v) is 10.9. The maximum absolute atomic E-state index is 12.9. The first-order chi connectivity index (χ1) is 18.2. The average Bonchev–Trinajstić information content (AvgIpc) is 2.90. The van der Waals surface area contributed by atoms with Crippen molar-refractivity contribution in [2.45, 2.75) is 13.8 Å². The number of aryl methyl sites for hydroxylation is 2. The van der Waals surface area contributed by atoms with Crippen molar-refractivity contribution in [3.8, 4) is 23.0 Å². The van der Waals surface area contributed by atoms with Crippen LogP contribution < -0.4 is 18.9 Å². The highest BCUT2D eigenvalue weighted by Gasteiger charge is 2.18. The van der Waals surface area contributed by atoms with E-state index in [2.05, 4.69) is 19.7 Å². The zero-order valence-corrected chi connectivity index (χ0v) is 20.9. The fourth-order valence-corrected chi connectivity index (χ4v) is 2.79. The Labute approximate surface area is 218 Å². The Balaban J connectivity index is 2.18. The van der Waals surface area contributed by atoms with E-state index in [-0.39, 0.29) is 29.6 Å². The van der Waals surface area contributed by atoms with E-state index in [0.29, 0.717) is 16.9 Å². The van der Waals surface area contributed by atoms with Crippen molar-refractivity contribution in [3.05, 3.63) is 85.0 Å². The average molecular weight is 526 g/mol. The molecule has 0 aliphatic carbocycles. The lowest BCUT2D eigenvalue weighted by Gasteiger charge is -2.16. The molecule has 0 N–H and O–H groups in total. The third-order valence-corrected chi connectivity index (χ3v) is 4.57. The van der Waals surface area contributed by atoms with E-state index in [9.17, 15) is 19.2 Å². The highest BCUT2D eigenvalue weighted by molar-refractivity contribution is 5.92. The quantitative estimate of drug-likeness (QED) is 0.117. The van der Waals surface area contributed by atoms with Crippen LogP contribution in [0.4, 0.5) is 0 Å². The number of hydrogen-bond acceptors (Lipinski definition) is 11. The molecule has 0 amide bonds. The summed E-state index contributed by atoms with van der Waals surface area (Å²) in [7, 11) is 0. The summed E-state index contributed by atoms with van der Waals surface area (Å²) in [5.74, 6) is -1.96. The summed E-state index contributed by atoms with van der Waals surface area (Å²) in [5, 5.41) is 0. The van der Waals surface area contributed by atoms with Gasteiger partial charge in [-0.2, -0.15) is 0 Å². The monoisotopic (exact) mass is 526 g/mol. The van der Waals surface area contributed by atoms with Crippen LogP contribution in [0.3, 0.4) is 0 Å². The number of rotatable bonds is 14. The second kappa shape index (κ2) is 14.5. The van der Waals surface area contributed by atoms with Crippen molar-refractivity contribution < 1.29 is 52.3 Å². The molecule has 0 radical (unpaired) electrons. The predicted octanol–water partition coefficient (Wildman–Crippen LogP) is 3.72. The molecule has 0 bridgehead atoms. The summed E-state index contributed by atoms with van der Waals surface area (Å²) < 4.78 is 36.2. The lowest BCUT2D eigenvalue weighted by Crippen LogP contribution is -2.14. The van der Waals surface area contributed by atoms with Gasteiger partial charge in [0.1, 0.15) is 11.5 Å². The van der Waals surface area contributed by atoms with Crippen LogP contribution >= 0.6 is 0 Å². The fraction of sp³-hybridized carbons (Fsp3) is 0.185. The number of esters is 4. The van der Waals surface area contributed by atoms with E-state index >= 15 is 0 Å². The van der Waals surface area contributed by atoms with Gasteiger partial charge in [0.15, 0.2) is 11.5 Å². The van der Waals surface area contributed by atoms with Crippen LogP contribution in [0, 0.1) is 13.8 Å². The van der Waals surface area contributed by atoms with Gasteiger partial charge in [0, 0.05) is 18.2 Å². The molecule has 0 unspecified atom stereocenters. The molecule has 11 heteroatoms. The number of benzene rings is 2. The Hall–Kier alpha value is -5.06. The summed E-state index contributed by atoms with van der Waals surface area (Å²) in [6.07, 6.45) is 2.95. The first-order valence-electron chi connectivity index (χ1n) is 10.9. The number of carbonyl (C=O) groups excluding carboxylic acids is 4. The smallest absolute Gasteiger partial charge is 0.343 e. The Bertz CT molecular complexity index is 1230. The Morgan fingerprint density at radius 3 is 1.74 bits per heavy atom. The largest absolute Gasteiger partial charge is 0.457 e. The van der Waals surface area contributed by atoms with E-state index in [1.165, 1.54) is 18.2 Å². The molecule has 2 aromatic carbocycles. The molecule has 200 valence electrons. The molecular weight excluding hydrogens is 500 g/mol. The standard InChI is InChI=1S/C27H26O11/c1-6-23(28)34-14-32-21-10-9-20(12-17(21)4)38-27(31)19-11-18(5)26(37-16-36-25(30)8-3)22(13-19)33-15-35-24(29)7-2/h6-13H,1-3,14-16H2,4-5H3. The van der Waals surface area contributed by atoms with Gasteiger partial charge in [-0.15, -0.1) is 0 Å². The van der Waals surface area contributed by atoms with Gasteiger partial charge >= 0.3 is 23.9 Å². The molecule has 2 rings (SSSR count). The molecule has 0 fully saturated rings. The van der Waals surface area contributed by atoms with Gasteiger partial charge in [0.2, 0.25) is 20.4 Å². The van der Waals surface area contributed by atoms with Gasteiger partial charge in [-0.1, -0.05) is 19.7 Å².